The molecule has 0 aliphatic rings. The van der Waals surface area contributed by atoms with E-state index in [0.717, 1.165) is 10.1 Å². The number of nitrogens with one attached hydrogen (secondary N) is 1. The second-order valence-corrected chi connectivity index (χ2v) is 6.64. The predicted octanol–water partition coefficient (Wildman–Crippen LogP) is 4.08. The maximum Gasteiger partial charge on any atom is 0.433 e. The van der Waals surface area contributed by atoms with Crippen LogP contribution >= 0.6 is 12.6 Å². The number of rotatable bonds is 5. The van der Waals surface area contributed by atoms with Gasteiger partial charge in [0.15, 0.2) is 5.71 Å². The summed E-state index contributed by atoms with van der Waals surface area (Å²) in [5.41, 5.74) is -2.73. The van der Waals surface area contributed by atoms with Gasteiger partial charge in [-0.3, -0.25) is 14.8 Å². The normalized spacial score (nSPS) is 11.4. The van der Waals surface area contributed by atoms with E-state index in [-0.39, 0.29) is 23.7 Å². The van der Waals surface area contributed by atoms with Crippen LogP contribution in [0.1, 0.15) is 11.1 Å². The lowest BCUT2D eigenvalue weighted by Gasteiger charge is -2.17. The lowest BCUT2D eigenvalue weighted by molar-refractivity contribution is -0.0590. The number of phenols is 1. The first-order chi connectivity index (χ1) is 13.7. The van der Waals surface area contributed by atoms with E-state index in [4.69, 9.17) is 5.41 Å². The third-order valence-electron chi connectivity index (χ3n) is 4.30. The zero-order valence-corrected chi connectivity index (χ0v) is 15.8. The van der Waals surface area contributed by atoms with Crippen molar-refractivity contribution in [2.45, 2.75) is 24.2 Å². The number of alkyl halides is 3. The number of phenolic OH excluding ortho intramolecular Hbond substituents is 1. The van der Waals surface area contributed by atoms with Gasteiger partial charge in [0.25, 0.3) is 5.56 Å². The summed E-state index contributed by atoms with van der Waals surface area (Å²) in [6, 6.07) is 15.1. The first kappa shape index (κ1) is 20.7. The monoisotopic (exact) mass is 419 g/mol. The fourth-order valence-corrected chi connectivity index (χ4v) is 3.17. The Morgan fingerprint density at radius 1 is 1.10 bits per heavy atom. The smallest absolute Gasteiger partial charge is 0.433 e. The molecule has 0 aliphatic heterocycles. The molecule has 3 rings (SSSR count). The van der Waals surface area contributed by atoms with Gasteiger partial charge in [0, 0.05) is 6.54 Å². The molecular formula is C20H16F3N3O2S. The number of thiol groups is 1. The Morgan fingerprint density at radius 2 is 1.72 bits per heavy atom. The summed E-state index contributed by atoms with van der Waals surface area (Å²) < 4.78 is 40.3. The van der Waals surface area contributed by atoms with Gasteiger partial charge in [-0.1, -0.05) is 42.5 Å². The number of aromatic nitrogens is 2. The molecule has 2 aromatic carbocycles. The highest BCUT2D eigenvalue weighted by molar-refractivity contribution is 7.80. The van der Waals surface area contributed by atoms with E-state index in [9.17, 15) is 23.1 Å². The van der Waals surface area contributed by atoms with Gasteiger partial charge in [0.1, 0.15) is 22.2 Å². The Morgan fingerprint density at radius 3 is 2.34 bits per heavy atom. The Balaban J connectivity index is 2.19. The minimum absolute atomic E-state index is 0.00566. The molecule has 0 amide bonds. The Kier molecular flexibility index (Phi) is 5.78. The molecule has 0 saturated carbocycles. The Labute approximate surface area is 169 Å². The average molecular weight is 419 g/mol. The maximum absolute atomic E-state index is 13.1. The zero-order chi connectivity index (χ0) is 21.2. The molecule has 0 fully saturated rings. The van der Waals surface area contributed by atoms with Crippen molar-refractivity contribution >= 4 is 18.3 Å². The number of nitrogens with zero attached hydrogens (tertiary/aromatic N) is 2. The molecule has 0 radical (unpaired) electrons. The van der Waals surface area contributed by atoms with Crippen LogP contribution in [0.5, 0.6) is 5.75 Å². The molecule has 9 heteroatoms. The van der Waals surface area contributed by atoms with Crippen LogP contribution in [0.2, 0.25) is 0 Å². The Bertz CT molecular complexity index is 1110. The fourth-order valence-electron chi connectivity index (χ4n) is 2.87. The quantitative estimate of drug-likeness (QED) is 0.331. The van der Waals surface area contributed by atoms with E-state index in [0.29, 0.717) is 6.42 Å². The largest absolute Gasteiger partial charge is 0.507 e. The van der Waals surface area contributed by atoms with Crippen molar-refractivity contribution in [1.29, 1.82) is 5.41 Å². The molecule has 29 heavy (non-hydrogen) atoms. The summed E-state index contributed by atoms with van der Waals surface area (Å²) in [4.78, 5) is 17.0. The van der Waals surface area contributed by atoms with Gasteiger partial charge >= 0.3 is 6.18 Å². The summed E-state index contributed by atoms with van der Waals surface area (Å²) >= 11 is 3.93. The molecule has 0 aliphatic carbocycles. The molecule has 0 atom stereocenters. The Hall–Kier alpha value is -3.07. The second-order valence-electron chi connectivity index (χ2n) is 6.22. The number of para-hydroxylation sites is 1. The van der Waals surface area contributed by atoms with Crippen LogP contribution in [-0.2, 0) is 13.0 Å². The molecule has 0 unspecified atom stereocenters. The topological polar surface area (TPSA) is 79.0 Å². The van der Waals surface area contributed by atoms with Crippen molar-refractivity contribution in [3.8, 4) is 17.1 Å². The van der Waals surface area contributed by atoms with Crippen LogP contribution in [0, 0.1) is 5.41 Å². The van der Waals surface area contributed by atoms with Crippen molar-refractivity contribution in [3.05, 3.63) is 76.1 Å². The minimum Gasteiger partial charge on any atom is -0.507 e. The first-order valence-corrected chi connectivity index (χ1v) is 8.97. The lowest BCUT2D eigenvalue weighted by atomic mass is 10.1. The molecule has 1 aromatic heterocycles. The third-order valence-corrected chi connectivity index (χ3v) is 4.62. The molecule has 0 bridgehead atoms. The summed E-state index contributed by atoms with van der Waals surface area (Å²) in [6.07, 6.45) is -4.68. The first-order valence-electron chi connectivity index (χ1n) is 8.52. The van der Waals surface area contributed by atoms with Crippen LogP contribution in [0.15, 0.2) is 64.4 Å². The number of benzene rings is 2. The molecule has 1 heterocycles. The van der Waals surface area contributed by atoms with Crippen LogP contribution < -0.4 is 5.56 Å². The van der Waals surface area contributed by atoms with Crippen LogP contribution in [0.25, 0.3) is 11.4 Å². The van der Waals surface area contributed by atoms with Gasteiger partial charge in [-0.15, -0.1) is 12.6 Å². The summed E-state index contributed by atoms with van der Waals surface area (Å²) in [6.45, 7) is 0.00566. The average Bonchev–Trinajstić information content (AvgIpc) is 2.67. The highest BCUT2D eigenvalue weighted by Crippen LogP contribution is 2.29. The predicted molar refractivity (Wildman–Crippen MR) is 106 cm³/mol. The van der Waals surface area contributed by atoms with Crippen LogP contribution in [0.3, 0.4) is 0 Å². The summed E-state index contributed by atoms with van der Waals surface area (Å²) in [5.74, 6) is -0.202. The van der Waals surface area contributed by atoms with Gasteiger partial charge in [-0.05, 0) is 24.1 Å². The van der Waals surface area contributed by atoms with E-state index in [1.807, 2.05) is 30.3 Å². The molecule has 2 N–H and O–H groups in total. The second kappa shape index (κ2) is 8.12. The third kappa shape index (κ3) is 4.34. The van der Waals surface area contributed by atoms with Gasteiger partial charge in [0.2, 0.25) is 0 Å². The highest BCUT2D eigenvalue weighted by Gasteiger charge is 2.39. The molecule has 0 spiro atoms. The van der Waals surface area contributed by atoms with Crippen molar-refractivity contribution in [2.24, 2.45) is 0 Å². The van der Waals surface area contributed by atoms with Gasteiger partial charge in [-0.25, -0.2) is 4.98 Å². The minimum atomic E-state index is -5.02. The fraction of sp³-hybridized carbons (Fsp3) is 0.150. The van der Waals surface area contributed by atoms with Gasteiger partial charge in [-0.2, -0.15) is 13.2 Å². The molecule has 0 saturated heterocycles. The van der Waals surface area contributed by atoms with Crippen LogP contribution in [-0.4, -0.2) is 26.5 Å². The van der Waals surface area contributed by atoms with Crippen LogP contribution in [0.4, 0.5) is 13.2 Å². The molecular weight excluding hydrogens is 403 g/mol. The van der Waals surface area contributed by atoms with Gasteiger partial charge < -0.3 is 5.11 Å². The number of halogens is 3. The van der Waals surface area contributed by atoms with E-state index in [2.05, 4.69) is 17.6 Å². The molecule has 3 aromatic rings. The lowest BCUT2D eigenvalue weighted by Crippen LogP contribution is -2.35. The van der Waals surface area contributed by atoms with Crippen molar-refractivity contribution in [1.82, 2.24) is 9.55 Å². The summed E-state index contributed by atoms with van der Waals surface area (Å²) in [5, 5.41) is 17.0. The number of aromatic hydroxyl groups is 1. The van der Waals surface area contributed by atoms with E-state index >= 15 is 0 Å². The van der Waals surface area contributed by atoms with E-state index in [1.54, 1.807) is 12.1 Å². The number of hydrogen-bond donors (Lipinski definition) is 3. The SMILES string of the molecule is N=C(c1c(S)nc(-c2ccccc2O)n(CCc2ccccc2)c1=O)C(F)(F)F. The van der Waals surface area contributed by atoms with Crippen molar-refractivity contribution < 1.29 is 18.3 Å². The number of aryl methyl sites for hydroxylation is 1. The standard InChI is InChI=1S/C20H16F3N3O2S/c21-20(22,23)16(24)15-18(29)25-17(13-8-4-5-9-14(13)27)26(19(15)28)11-10-12-6-2-1-3-7-12/h1-9,24,27,29H,10-11H2. The highest BCUT2D eigenvalue weighted by atomic mass is 32.1. The zero-order valence-electron chi connectivity index (χ0n) is 14.9. The van der Waals surface area contributed by atoms with Crippen molar-refractivity contribution in [2.75, 3.05) is 0 Å². The van der Waals surface area contributed by atoms with E-state index < -0.39 is 28.0 Å². The van der Waals surface area contributed by atoms with Gasteiger partial charge in [0.05, 0.1) is 5.56 Å². The maximum atomic E-state index is 13.1. The summed E-state index contributed by atoms with van der Waals surface area (Å²) in [7, 11) is 0. The van der Waals surface area contributed by atoms with Crippen molar-refractivity contribution in [3.63, 3.8) is 0 Å². The molecule has 5 nitrogen and oxygen atoms in total. The van der Waals surface area contributed by atoms with E-state index in [1.165, 1.54) is 12.1 Å². The number of hydrogen-bond acceptors (Lipinski definition) is 5. The molecule has 150 valence electrons.